The number of hydrogen-bond acceptors (Lipinski definition) is 0. The molecule has 0 unspecified atom stereocenters. The van der Waals surface area contributed by atoms with Crippen molar-refractivity contribution in [1.29, 1.82) is 0 Å². The van der Waals surface area contributed by atoms with E-state index in [0.717, 1.165) is 0 Å². The Kier molecular flexibility index (Phi) is 252. The maximum atomic E-state index is 0. The van der Waals surface area contributed by atoms with Crippen LogP contribution in [-0.4, -0.2) is 43.2 Å². The summed E-state index contributed by atoms with van der Waals surface area (Å²) in [5, 5.41) is 0. The monoisotopic (exact) mass is 93.0 g/mol. The molecule has 0 atom stereocenters. The van der Waals surface area contributed by atoms with Crippen molar-refractivity contribution >= 4 is 37.7 Å². The number of hydrogen-bond donors (Lipinski definition) is 0. The molecular formula is H4CoLi2O. The van der Waals surface area contributed by atoms with Gasteiger partial charge in [-0.3, -0.25) is 0 Å². The fourth-order valence-electron chi connectivity index (χ4n) is 0. The SMILES string of the molecule is O.[Co].[LiH].[LiH]. The van der Waals surface area contributed by atoms with Crippen LogP contribution in [0.15, 0.2) is 0 Å². The Morgan fingerprint density at radius 1 is 0.750 bits per heavy atom. The van der Waals surface area contributed by atoms with Gasteiger partial charge in [0.1, 0.15) is 0 Å². The molecule has 0 aromatic heterocycles. The van der Waals surface area contributed by atoms with Crippen molar-refractivity contribution in [2.75, 3.05) is 0 Å². The van der Waals surface area contributed by atoms with Crippen LogP contribution in [0.5, 0.6) is 0 Å². The van der Waals surface area contributed by atoms with Gasteiger partial charge in [0.2, 0.25) is 0 Å². The molecule has 0 aromatic rings. The van der Waals surface area contributed by atoms with E-state index >= 15 is 0 Å². The zero-order valence-corrected chi connectivity index (χ0v) is 1.87. The molecule has 1 radical (unpaired) electrons. The van der Waals surface area contributed by atoms with E-state index in [2.05, 4.69) is 0 Å². The molecule has 0 aliphatic heterocycles. The van der Waals surface area contributed by atoms with Gasteiger partial charge < -0.3 is 5.48 Å². The molecule has 4 heavy (non-hydrogen) atoms. The molecule has 1 nitrogen and oxygen atoms in total. The minimum absolute atomic E-state index is 0. The second-order valence-electron chi connectivity index (χ2n) is 0. The van der Waals surface area contributed by atoms with Crippen LogP contribution >= 0.6 is 0 Å². The Morgan fingerprint density at radius 2 is 0.750 bits per heavy atom. The van der Waals surface area contributed by atoms with Crippen LogP contribution < -0.4 is 0 Å². The van der Waals surface area contributed by atoms with E-state index in [1.54, 1.807) is 0 Å². The Hall–Kier alpha value is 1.66. The fraction of sp³-hybridized carbons (Fsp3) is 0. The third kappa shape index (κ3) is 9.40. The van der Waals surface area contributed by atoms with Crippen LogP contribution in [0.25, 0.3) is 0 Å². The molecule has 0 fully saturated rings. The van der Waals surface area contributed by atoms with Gasteiger partial charge in [0.25, 0.3) is 0 Å². The van der Waals surface area contributed by atoms with Gasteiger partial charge in [-0.25, -0.2) is 0 Å². The summed E-state index contributed by atoms with van der Waals surface area (Å²) >= 11 is 0. The first-order chi connectivity index (χ1) is 0. The summed E-state index contributed by atoms with van der Waals surface area (Å²) in [5.74, 6) is 0. The van der Waals surface area contributed by atoms with Crippen molar-refractivity contribution < 1.29 is 22.3 Å². The first-order valence-corrected chi connectivity index (χ1v) is 0. The van der Waals surface area contributed by atoms with Gasteiger partial charge in [0, 0.05) is 16.8 Å². The van der Waals surface area contributed by atoms with Crippen LogP contribution in [0.2, 0.25) is 0 Å². The van der Waals surface area contributed by atoms with E-state index in [1.807, 2.05) is 0 Å². The average Bonchev–Trinajstić information content (AvgIpc) is 0. The average molecular weight is 92.8 g/mol. The van der Waals surface area contributed by atoms with Gasteiger partial charge in [0.15, 0.2) is 0 Å². The van der Waals surface area contributed by atoms with Crippen LogP contribution in [-0.2, 0) is 16.8 Å². The summed E-state index contributed by atoms with van der Waals surface area (Å²) in [5.41, 5.74) is 0. The molecule has 0 aromatic carbocycles. The predicted octanol–water partition coefficient (Wildman–Crippen LogP) is -2.12. The van der Waals surface area contributed by atoms with Crippen LogP contribution in [0.4, 0.5) is 0 Å². The van der Waals surface area contributed by atoms with Gasteiger partial charge in [0.05, 0.1) is 0 Å². The number of rotatable bonds is 0. The van der Waals surface area contributed by atoms with Crippen LogP contribution in [0, 0.1) is 0 Å². The summed E-state index contributed by atoms with van der Waals surface area (Å²) in [7, 11) is 0. The Morgan fingerprint density at radius 3 is 0.750 bits per heavy atom. The normalized spacial score (nSPS) is 0. The van der Waals surface area contributed by atoms with E-state index in [1.165, 1.54) is 0 Å². The van der Waals surface area contributed by atoms with Crippen molar-refractivity contribution in [3.8, 4) is 0 Å². The zero-order valence-electron chi connectivity index (χ0n) is 0.833. The van der Waals surface area contributed by atoms with E-state index < -0.39 is 0 Å². The molecule has 4 heteroatoms. The first-order valence-electron chi connectivity index (χ1n) is 0. The zero-order chi connectivity index (χ0) is 0. The summed E-state index contributed by atoms with van der Waals surface area (Å²) in [4.78, 5) is 0. The van der Waals surface area contributed by atoms with Crippen LogP contribution in [0.3, 0.4) is 0 Å². The van der Waals surface area contributed by atoms with E-state index in [4.69, 9.17) is 0 Å². The molecule has 0 spiro atoms. The summed E-state index contributed by atoms with van der Waals surface area (Å²) < 4.78 is 0. The molecule has 0 rings (SSSR count). The summed E-state index contributed by atoms with van der Waals surface area (Å²) in [6.45, 7) is 0. The standard InChI is InChI=1S/Co.2Li.H2O.2H/h;;;1H2;;. The first kappa shape index (κ1) is 44.6. The fourth-order valence-corrected chi connectivity index (χ4v) is 0. The van der Waals surface area contributed by atoms with E-state index in [0.29, 0.717) is 0 Å². The van der Waals surface area contributed by atoms with Gasteiger partial charge >= 0.3 is 37.7 Å². The minimum atomic E-state index is 0. The summed E-state index contributed by atoms with van der Waals surface area (Å²) in [6.07, 6.45) is 0. The van der Waals surface area contributed by atoms with Gasteiger partial charge in [-0.05, 0) is 0 Å². The van der Waals surface area contributed by atoms with Gasteiger partial charge in [-0.1, -0.05) is 0 Å². The molecule has 2 N–H and O–H groups in total. The van der Waals surface area contributed by atoms with Gasteiger partial charge in [-0.15, -0.1) is 0 Å². The van der Waals surface area contributed by atoms with Crippen LogP contribution in [0.1, 0.15) is 0 Å². The predicted molar refractivity (Wildman–Crippen MR) is 17.9 cm³/mol. The molecule has 0 aliphatic carbocycles. The van der Waals surface area contributed by atoms with Crippen molar-refractivity contribution in [2.24, 2.45) is 0 Å². The second-order valence-corrected chi connectivity index (χ2v) is 0. The van der Waals surface area contributed by atoms with E-state index in [-0.39, 0.29) is 60.0 Å². The molecule has 0 amide bonds. The molecule has 0 aliphatic rings. The Bertz CT molecular complexity index is 6.00. The second kappa shape index (κ2) is 22.6. The quantitative estimate of drug-likeness (QED) is 0.306. The molecule has 0 heterocycles. The Labute approximate surface area is 59.8 Å². The maximum absolute atomic E-state index is 0. The van der Waals surface area contributed by atoms with Crippen molar-refractivity contribution in [3.63, 3.8) is 0 Å². The van der Waals surface area contributed by atoms with Crippen molar-refractivity contribution in [2.45, 2.75) is 0 Å². The molecule has 0 bridgehead atoms. The summed E-state index contributed by atoms with van der Waals surface area (Å²) in [6, 6.07) is 0. The van der Waals surface area contributed by atoms with Crippen molar-refractivity contribution in [1.82, 2.24) is 0 Å². The molecule has 0 saturated carbocycles. The van der Waals surface area contributed by atoms with Gasteiger partial charge in [-0.2, -0.15) is 0 Å². The third-order valence-corrected chi connectivity index (χ3v) is 0. The van der Waals surface area contributed by atoms with E-state index in [9.17, 15) is 0 Å². The molecule has 21 valence electrons. The Balaban J connectivity index is 0. The molecular weight excluding hydrogens is 88.8 g/mol. The molecule has 0 saturated heterocycles. The van der Waals surface area contributed by atoms with Crippen molar-refractivity contribution in [3.05, 3.63) is 0 Å². The topological polar surface area (TPSA) is 31.5 Å². The third-order valence-electron chi connectivity index (χ3n) is 0.